The number of benzene rings is 3. The number of rotatable bonds is 7. The third-order valence-electron chi connectivity index (χ3n) is 5.75. The molecule has 0 radical (unpaired) electrons. The Balaban J connectivity index is 1.41. The number of halogens is 3. The molecule has 0 atom stereocenters. The maximum absolute atomic E-state index is 14.5. The number of imide groups is 1. The first-order valence-electron chi connectivity index (χ1n) is 11.1. The lowest BCUT2D eigenvalue weighted by atomic mass is 10.1. The Morgan fingerprint density at radius 1 is 1.06 bits per heavy atom. The van der Waals surface area contributed by atoms with Crippen molar-refractivity contribution < 1.29 is 18.7 Å². The smallest absolute Gasteiger partial charge is 0.293 e. The summed E-state index contributed by atoms with van der Waals surface area (Å²) in [6.45, 7) is 0.566. The molecule has 1 aliphatic rings. The average molecular weight is 586 g/mol. The molecule has 1 saturated heterocycles. The predicted octanol–water partition coefficient (Wildman–Crippen LogP) is 7.36. The molecular formula is C27H19BrClFN2O3S. The van der Waals surface area contributed by atoms with Crippen LogP contribution in [0.15, 0.2) is 82.3 Å². The minimum Gasteiger partial charge on any atom is -0.492 e. The van der Waals surface area contributed by atoms with Crippen LogP contribution < -0.4 is 4.74 Å². The number of hydrogen-bond donors (Lipinski definition) is 0. The summed E-state index contributed by atoms with van der Waals surface area (Å²) in [6.07, 6.45) is 3.55. The van der Waals surface area contributed by atoms with E-state index < -0.39 is 0 Å². The molecule has 182 valence electrons. The van der Waals surface area contributed by atoms with Crippen LogP contribution in [0.25, 0.3) is 17.0 Å². The van der Waals surface area contributed by atoms with Gasteiger partial charge in [-0.25, -0.2) is 4.39 Å². The predicted molar refractivity (Wildman–Crippen MR) is 145 cm³/mol. The van der Waals surface area contributed by atoms with Gasteiger partial charge in [0.15, 0.2) is 0 Å². The van der Waals surface area contributed by atoms with E-state index in [1.807, 2.05) is 59.3 Å². The Bertz CT molecular complexity index is 1490. The van der Waals surface area contributed by atoms with Gasteiger partial charge >= 0.3 is 0 Å². The normalized spacial score (nSPS) is 14.9. The monoisotopic (exact) mass is 584 g/mol. The number of amides is 2. The molecule has 1 aromatic heterocycles. The van der Waals surface area contributed by atoms with E-state index in [9.17, 15) is 14.0 Å². The number of thioether (sulfide) groups is 1. The van der Waals surface area contributed by atoms with Crippen molar-refractivity contribution in [3.8, 4) is 5.75 Å². The van der Waals surface area contributed by atoms with Crippen molar-refractivity contribution in [2.24, 2.45) is 0 Å². The number of para-hydroxylation sites is 1. The number of ether oxygens (including phenoxy) is 1. The minimum atomic E-state index is -0.387. The van der Waals surface area contributed by atoms with Gasteiger partial charge in [0, 0.05) is 37.7 Å². The van der Waals surface area contributed by atoms with Crippen molar-refractivity contribution in [1.29, 1.82) is 0 Å². The summed E-state index contributed by atoms with van der Waals surface area (Å²) >= 11 is 10.7. The van der Waals surface area contributed by atoms with Crippen LogP contribution in [0.2, 0.25) is 5.02 Å². The summed E-state index contributed by atoms with van der Waals surface area (Å²) in [6, 6.07) is 19.6. The number of aromatic nitrogens is 1. The molecular weight excluding hydrogens is 567 g/mol. The van der Waals surface area contributed by atoms with Gasteiger partial charge < -0.3 is 9.30 Å². The molecule has 0 spiro atoms. The lowest BCUT2D eigenvalue weighted by Gasteiger charge is -2.13. The Labute approximate surface area is 224 Å². The molecule has 2 amide bonds. The van der Waals surface area contributed by atoms with Crippen LogP contribution in [0.3, 0.4) is 0 Å². The summed E-state index contributed by atoms with van der Waals surface area (Å²) < 4.78 is 22.9. The number of fused-ring (bicyclic) bond motifs is 1. The molecule has 3 aromatic carbocycles. The van der Waals surface area contributed by atoms with Crippen molar-refractivity contribution in [2.45, 2.75) is 6.54 Å². The number of carbonyl (C=O) groups is 2. The molecule has 5 rings (SSSR count). The highest BCUT2D eigenvalue weighted by Crippen LogP contribution is 2.35. The van der Waals surface area contributed by atoms with Crippen LogP contribution in [0.4, 0.5) is 9.18 Å². The number of hydrogen-bond acceptors (Lipinski definition) is 4. The fourth-order valence-electron chi connectivity index (χ4n) is 4.00. The quantitative estimate of drug-likeness (QED) is 0.213. The van der Waals surface area contributed by atoms with E-state index in [-0.39, 0.29) is 36.7 Å². The topological polar surface area (TPSA) is 51.5 Å². The van der Waals surface area contributed by atoms with Crippen LogP contribution in [-0.4, -0.2) is 33.8 Å². The van der Waals surface area contributed by atoms with Gasteiger partial charge in [-0.3, -0.25) is 14.5 Å². The first kappa shape index (κ1) is 24.6. The summed E-state index contributed by atoms with van der Waals surface area (Å²) in [4.78, 5) is 27.1. The molecule has 0 unspecified atom stereocenters. The molecule has 0 aliphatic carbocycles. The number of nitrogens with zero attached hydrogens (tertiary/aromatic N) is 2. The Kier molecular flexibility index (Phi) is 7.18. The largest absolute Gasteiger partial charge is 0.492 e. The van der Waals surface area contributed by atoms with E-state index in [1.54, 1.807) is 18.2 Å². The SMILES string of the molecule is O=C1S/C(=C\c2cn(Cc3c(F)cccc3Cl)c3ccc(Br)cc23)C(=O)N1CCOc1ccccc1. The highest BCUT2D eigenvalue weighted by atomic mass is 79.9. The van der Waals surface area contributed by atoms with E-state index in [4.69, 9.17) is 16.3 Å². The molecule has 9 heteroatoms. The van der Waals surface area contributed by atoms with Crippen molar-refractivity contribution in [3.05, 3.63) is 104 Å². The van der Waals surface area contributed by atoms with Crippen LogP contribution in [-0.2, 0) is 11.3 Å². The van der Waals surface area contributed by atoms with E-state index in [2.05, 4.69) is 15.9 Å². The summed E-state index contributed by atoms with van der Waals surface area (Å²) in [5, 5.41) is 0.858. The van der Waals surface area contributed by atoms with Crippen LogP contribution in [0.5, 0.6) is 5.75 Å². The zero-order chi connectivity index (χ0) is 25.2. The third kappa shape index (κ3) is 5.07. The minimum absolute atomic E-state index is 0.149. The first-order valence-corrected chi connectivity index (χ1v) is 13.0. The zero-order valence-electron chi connectivity index (χ0n) is 18.8. The standard InChI is InChI=1S/C27H19BrClFN2O3S/c28-18-9-10-24-20(14-18)17(15-31(24)16-21-22(29)7-4-8-23(21)30)13-25-26(33)32(27(34)36-25)11-12-35-19-5-2-1-3-6-19/h1-10,13-15H,11-12,16H2/b25-13-. The highest BCUT2D eigenvalue weighted by molar-refractivity contribution is 9.10. The highest BCUT2D eigenvalue weighted by Gasteiger charge is 2.35. The molecule has 2 heterocycles. The van der Waals surface area contributed by atoms with Gasteiger partial charge in [-0.2, -0.15) is 0 Å². The maximum Gasteiger partial charge on any atom is 0.293 e. The van der Waals surface area contributed by atoms with Crippen molar-refractivity contribution in [1.82, 2.24) is 9.47 Å². The van der Waals surface area contributed by atoms with Crippen molar-refractivity contribution >= 4 is 67.4 Å². The molecule has 1 fully saturated rings. The van der Waals surface area contributed by atoms with Crippen LogP contribution in [0, 0.1) is 5.82 Å². The van der Waals surface area contributed by atoms with E-state index in [0.29, 0.717) is 21.2 Å². The summed E-state index contributed by atoms with van der Waals surface area (Å²) in [5.41, 5.74) is 1.97. The van der Waals surface area contributed by atoms with Crippen molar-refractivity contribution in [2.75, 3.05) is 13.2 Å². The fourth-order valence-corrected chi connectivity index (χ4v) is 5.44. The van der Waals surface area contributed by atoms with Gasteiger partial charge in [-0.15, -0.1) is 0 Å². The van der Waals surface area contributed by atoms with Gasteiger partial charge in [0.2, 0.25) is 0 Å². The molecule has 0 bridgehead atoms. The van der Waals surface area contributed by atoms with Crippen LogP contribution in [0.1, 0.15) is 11.1 Å². The molecule has 1 aliphatic heterocycles. The van der Waals surface area contributed by atoms with Crippen LogP contribution >= 0.6 is 39.3 Å². The lowest BCUT2D eigenvalue weighted by molar-refractivity contribution is -0.123. The molecule has 5 nitrogen and oxygen atoms in total. The second kappa shape index (κ2) is 10.5. The molecule has 36 heavy (non-hydrogen) atoms. The van der Waals surface area contributed by atoms with Crippen molar-refractivity contribution in [3.63, 3.8) is 0 Å². The Hall–Kier alpha value is -3.07. The fraction of sp³-hybridized carbons (Fsp3) is 0.111. The van der Waals surface area contributed by atoms with Gasteiger partial charge in [0.05, 0.1) is 18.0 Å². The summed E-state index contributed by atoms with van der Waals surface area (Å²) in [5.74, 6) is -0.0788. The third-order valence-corrected chi connectivity index (χ3v) is 7.51. The van der Waals surface area contributed by atoms with E-state index >= 15 is 0 Å². The van der Waals surface area contributed by atoms with E-state index in [1.165, 1.54) is 11.0 Å². The Morgan fingerprint density at radius 3 is 2.64 bits per heavy atom. The number of carbonyl (C=O) groups excluding carboxylic acids is 2. The lowest BCUT2D eigenvalue weighted by Crippen LogP contribution is -2.32. The van der Waals surface area contributed by atoms with Gasteiger partial charge in [-0.1, -0.05) is 51.8 Å². The first-order chi connectivity index (χ1) is 17.4. The molecule has 0 saturated carbocycles. The van der Waals surface area contributed by atoms with Gasteiger partial charge in [-0.05, 0) is 60.3 Å². The van der Waals surface area contributed by atoms with E-state index in [0.717, 1.165) is 32.7 Å². The van der Waals surface area contributed by atoms with Gasteiger partial charge in [0.25, 0.3) is 11.1 Å². The Morgan fingerprint density at radius 2 is 1.86 bits per heavy atom. The second-order valence-corrected chi connectivity index (χ2v) is 10.4. The molecule has 0 N–H and O–H groups in total. The zero-order valence-corrected chi connectivity index (χ0v) is 21.9. The maximum atomic E-state index is 14.5. The summed E-state index contributed by atoms with van der Waals surface area (Å²) in [7, 11) is 0. The molecule has 4 aromatic rings. The second-order valence-electron chi connectivity index (χ2n) is 8.07. The average Bonchev–Trinajstić information content (AvgIpc) is 3.33. The van der Waals surface area contributed by atoms with Gasteiger partial charge in [0.1, 0.15) is 18.2 Å².